The number of benzene rings is 2. The summed E-state index contributed by atoms with van der Waals surface area (Å²) in [5.41, 5.74) is 3.21. The first-order valence-electron chi connectivity index (χ1n) is 9.31. The molecule has 0 aromatic heterocycles. The van der Waals surface area contributed by atoms with Crippen LogP contribution in [0.25, 0.3) is 0 Å². The zero-order valence-electron chi connectivity index (χ0n) is 16.6. The highest BCUT2D eigenvalue weighted by Gasteiger charge is 2.10. The molecule has 3 N–H and O–H groups in total. The van der Waals surface area contributed by atoms with Gasteiger partial charge in [0.05, 0.1) is 22.2 Å². The lowest BCUT2D eigenvalue weighted by Gasteiger charge is -2.08. The molecular weight excluding hydrogens is 472 g/mol. The molecule has 2 aromatic carbocycles. The van der Waals surface area contributed by atoms with Crippen LogP contribution in [0.4, 0.5) is 5.69 Å². The second kappa shape index (κ2) is 11.6. The molecule has 0 saturated carbocycles. The highest BCUT2D eigenvalue weighted by atomic mass is 79.9. The number of phenolic OH excluding ortho intramolecular Hbond substituents is 1. The van der Waals surface area contributed by atoms with Crippen LogP contribution in [0, 0.1) is 10.1 Å². The first kappa shape index (κ1) is 23.8. The maximum Gasteiger partial charge on any atom is 0.269 e. The summed E-state index contributed by atoms with van der Waals surface area (Å²) in [5, 5.41) is 27.0. The minimum absolute atomic E-state index is 0.0150. The Labute approximate surface area is 186 Å². The van der Waals surface area contributed by atoms with Gasteiger partial charge in [-0.15, -0.1) is 0 Å². The number of aromatic hydroxyl groups is 1. The van der Waals surface area contributed by atoms with Gasteiger partial charge in [0, 0.05) is 30.7 Å². The fourth-order valence-corrected chi connectivity index (χ4v) is 2.92. The van der Waals surface area contributed by atoms with Crippen molar-refractivity contribution in [1.82, 2.24) is 10.7 Å². The molecule has 0 aliphatic rings. The minimum atomic E-state index is -0.541. The number of phenols is 1. The number of carbonyl (C=O) groups is 2. The molecule has 0 bridgehead atoms. The molecule has 0 saturated heterocycles. The van der Waals surface area contributed by atoms with Crippen molar-refractivity contribution in [3.8, 4) is 11.5 Å². The van der Waals surface area contributed by atoms with E-state index in [1.54, 1.807) is 19.1 Å². The highest BCUT2D eigenvalue weighted by Crippen LogP contribution is 2.35. The number of hydrogen-bond donors (Lipinski definition) is 3. The number of halogens is 1. The first-order valence-corrected chi connectivity index (χ1v) is 10.1. The lowest BCUT2D eigenvalue weighted by molar-refractivity contribution is -0.384. The molecule has 164 valence electrons. The van der Waals surface area contributed by atoms with Gasteiger partial charge in [-0.3, -0.25) is 19.7 Å². The van der Waals surface area contributed by atoms with E-state index in [0.717, 1.165) is 0 Å². The van der Waals surface area contributed by atoms with Crippen LogP contribution in [-0.4, -0.2) is 41.2 Å². The van der Waals surface area contributed by atoms with Crippen LogP contribution in [0.2, 0.25) is 0 Å². The molecule has 0 aliphatic heterocycles. The van der Waals surface area contributed by atoms with Crippen LogP contribution in [0.1, 0.15) is 35.7 Å². The topological polar surface area (TPSA) is 143 Å². The molecule has 0 aliphatic carbocycles. The molecule has 31 heavy (non-hydrogen) atoms. The molecule has 0 spiro atoms. The SMILES string of the molecule is CCOc1cc(/C=N/NC(=O)CCCNC(=O)c2ccc([N+](=O)[O-])cc2)cc(Br)c1O. The maximum absolute atomic E-state index is 12.0. The molecule has 0 unspecified atom stereocenters. The van der Waals surface area contributed by atoms with Gasteiger partial charge in [0.25, 0.3) is 11.6 Å². The molecule has 2 rings (SSSR count). The van der Waals surface area contributed by atoms with E-state index in [1.165, 1.54) is 30.5 Å². The molecule has 11 heteroatoms. The zero-order chi connectivity index (χ0) is 22.8. The first-order chi connectivity index (χ1) is 14.8. The fourth-order valence-electron chi connectivity index (χ4n) is 2.46. The van der Waals surface area contributed by atoms with Gasteiger partial charge in [-0.25, -0.2) is 5.43 Å². The Morgan fingerprint density at radius 1 is 1.29 bits per heavy atom. The third-order valence-corrected chi connectivity index (χ3v) is 4.56. The maximum atomic E-state index is 12.0. The monoisotopic (exact) mass is 492 g/mol. The van der Waals surface area contributed by atoms with E-state index < -0.39 is 4.92 Å². The van der Waals surface area contributed by atoms with E-state index in [9.17, 15) is 24.8 Å². The Bertz CT molecular complexity index is 978. The van der Waals surface area contributed by atoms with E-state index in [1.807, 2.05) is 0 Å². The predicted molar refractivity (Wildman–Crippen MR) is 117 cm³/mol. The second-order valence-electron chi connectivity index (χ2n) is 6.24. The largest absolute Gasteiger partial charge is 0.503 e. The number of non-ortho nitro benzene ring substituents is 1. The van der Waals surface area contributed by atoms with Crippen molar-refractivity contribution < 1.29 is 24.4 Å². The fraction of sp³-hybridized carbons (Fsp3) is 0.250. The number of nitrogens with one attached hydrogen (secondary N) is 2. The number of nitrogens with zero attached hydrogens (tertiary/aromatic N) is 2. The normalized spacial score (nSPS) is 10.6. The van der Waals surface area contributed by atoms with Gasteiger partial charge in [0.15, 0.2) is 11.5 Å². The number of nitro benzene ring substituents is 1. The molecular formula is C20H21BrN4O6. The van der Waals surface area contributed by atoms with Gasteiger partial charge in [-0.1, -0.05) is 0 Å². The Kier molecular flexibility index (Phi) is 8.94. The minimum Gasteiger partial charge on any atom is -0.503 e. The average molecular weight is 493 g/mol. The molecule has 2 amide bonds. The van der Waals surface area contributed by atoms with Crippen LogP contribution in [-0.2, 0) is 4.79 Å². The van der Waals surface area contributed by atoms with Crippen molar-refractivity contribution in [2.24, 2.45) is 5.10 Å². The van der Waals surface area contributed by atoms with Crippen LogP contribution in [0.3, 0.4) is 0 Å². The third-order valence-electron chi connectivity index (χ3n) is 3.96. The summed E-state index contributed by atoms with van der Waals surface area (Å²) in [6.07, 6.45) is 1.95. The van der Waals surface area contributed by atoms with Gasteiger partial charge >= 0.3 is 0 Å². The van der Waals surface area contributed by atoms with Crippen LogP contribution in [0.15, 0.2) is 46.0 Å². The summed E-state index contributed by atoms with van der Waals surface area (Å²) >= 11 is 3.22. The number of ether oxygens (including phenoxy) is 1. The van der Waals surface area contributed by atoms with Gasteiger partial charge in [0.2, 0.25) is 5.91 Å². The van der Waals surface area contributed by atoms with Crippen molar-refractivity contribution in [2.45, 2.75) is 19.8 Å². The number of amides is 2. The quantitative estimate of drug-likeness (QED) is 0.201. The number of carbonyl (C=O) groups excluding carboxylic acids is 2. The average Bonchev–Trinajstić information content (AvgIpc) is 2.74. The van der Waals surface area contributed by atoms with Gasteiger partial charge < -0.3 is 15.2 Å². The smallest absolute Gasteiger partial charge is 0.269 e. The van der Waals surface area contributed by atoms with Crippen LogP contribution in [0.5, 0.6) is 11.5 Å². The lowest BCUT2D eigenvalue weighted by atomic mass is 10.2. The van der Waals surface area contributed by atoms with E-state index in [-0.39, 0.29) is 36.2 Å². The standard InChI is InChI=1S/C20H21BrN4O6/c1-2-31-17-11-13(10-16(21)19(17)27)12-23-24-18(26)4-3-9-22-20(28)14-5-7-15(8-6-14)25(29)30/h5-8,10-12,27H,2-4,9H2,1H3,(H,22,28)(H,24,26)/b23-12+. The van der Waals surface area contributed by atoms with E-state index in [4.69, 9.17) is 4.74 Å². The molecule has 0 atom stereocenters. The van der Waals surface area contributed by atoms with Crippen molar-refractivity contribution in [3.05, 3.63) is 62.1 Å². The van der Waals surface area contributed by atoms with Crippen molar-refractivity contribution in [2.75, 3.05) is 13.2 Å². The number of nitro groups is 1. The molecule has 2 aromatic rings. The molecule has 0 fully saturated rings. The number of hydrazone groups is 1. The molecule has 10 nitrogen and oxygen atoms in total. The Morgan fingerprint density at radius 2 is 2.00 bits per heavy atom. The van der Waals surface area contributed by atoms with E-state index in [2.05, 4.69) is 31.8 Å². The van der Waals surface area contributed by atoms with Gasteiger partial charge in [0.1, 0.15) is 0 Å². The van der Waals surface area contributed by atoms with E-state index in [0.29, 0.717) is 34.4 Å². The zero-order valence-corrected chi connectivity index (χ0v) is 18.2. The summed E-state index contributed by atoms with van der Waals surface area (Å²) in [5.74, 6) is -0.424. The summed E-state index contributed by atoms with van der Waals surface area (Å²) in [4.78, 5) is 33.9. The Hall–Kier alpha value is -3.47. The summed E-state index contributed by atoms with van der Waals surface area (Å²) in [6, 6.07) is 8.46. The Morgan fingerprint density at radius 3 is 2.65 bits per heavy atom. The Balaban J connectivity index is 1.75. The van der Waals surface area contributed by atoms with Crippen molar-refractivity contribution in [1.29, 1.82) is 0 Å². The summed E-state index contributed by atoms with van der Waals surface area (Å²) < 4.78 is 5.76. The van der Waals surface area contributed by atoms with Crippen LogP contribution < -0.4 is 15.5 Å². The van der Waals surface area contributed by atoms with Crippen molar-refractivity contribution >= 4 is 39.6 Å². The van der Waals surface area contributed by atoms with Gasteiger partial charge in [-0.2, -0.15) is 5.10 Å². The van der Waals surface area contributed by atoms with Crippen LogP contribution >= 0.6 is 15.9 Å². The predicted octanol–water partition coefficient (Wildman–Crippen LogP) is 3.12. The second-order valence-corrected chi connectivity index (χ2v) is 7.09. The molecule has 0 radical (unpaired) electrons. The summed E-state index contributed by atoms with van der Waals surface area (Å²) in [6.45, 7) is 2.44. The third kappa shape index (κ3) is 7.37. The molecule has 0 heterocycles. The number of rotatable bonds is 10. The highest BCUT2D eigenvalue weighted by molar-refractivity contribution is 9.10. The lowest BCUT2D eigenvalue weighted by Crippen LogP contribution is -2.26. The van der Waals surface area contributed by atoms with Gasteiger partial charge in [-0.05, 0) is 59.1 Å². The summed E-state index contributed by atoms with van der Waals surface area (Å²) in [7, 11) is 0. The van der Waals surface area contributed by atoms with E-state index >= 15 is 0 Å². The number of hydrogen-bond acceptors (Lipinski definition) is 7. The van der Waals surface area contributed by atoms with Crippen molar-refractivity contribution in [3.63, 3.8) is 0 Å².